The molecule has 1 aromatic carbocycles. The van der Waals surface area contributed by atoms with Crippen molar-refractivity contribution in [1.82, 2.24) is 5.32 Å². The second-order valence-electron chi connectivity index (χ2n) is 10.2. The van der Waals surface area contributed by atoms with Crippen molar-refractivity contribution in [1.29, 1.82) is 0 Å². The molecule has 186 valence electrons. The molecular formula is C25H28N2O8. The molecule has 1 fully saturated rings. The molecule has 3 heterocycles. The molecule has 0 unspecified atom stereocenters. The maximum absolute atomic E-state index is 13.5. The van der Waals surface area contributed by atoms with Gasteiger partial charge in [0, 0.05) is 35.6 Å². The zero-order valence-electron chi connectivity index (χ0n) is 20.0. The third kappa shape index (κ3) is 4.27. The van der Waals surface area contributed by atoms with Gasteiger partial charge >= 0.3 is 5.97 Å². The van der Waals surface area contributed by atoms with Crippen LogP contribution >= 0.6 is 0 Å². The monoisotopic (exact) mass is 484 g/mol. The number of hydrogen-bond acceptors (Lipinski definition) is 9. The quantitative estimate of drug-likeness (QED) is 0.378. The highest BCUT2D eigenvalue weighted by Gasteiger charge is 2.46. The van der Waals surface area contributed by atoms with E-state index >= 15 is 0 Å². The van der Waals surface area contributed by atoms with E-state index in [0.717, 1.165) is 12.8 Å². The van der Waals surface area contributed by atoms with Gasteiger partial charge in [-0.2, -0.15) is 0 Å². The van der Waals surface area contributed by atoms with Gasteiger partial charge in [-0.15, -0.1) is 0 Å². The second kappa shape index (κ2) is 8.67. The molecule has 1 saturated heterocycles. The molecule has 0 radical (unpaired) electrons. The average Bonchev–Trinajstić information content (AvgIpc) is 3.46. The van der Waals surface area contributed by atoms with E-state index in [4.69, 9.17) is 18.9 Å². The SMILES string of the molecule is CC1=C(C(=O)OC[C@@H]2CCCO2)[C@H](c2cc3c(cc2[N+](=O)[O-])OCO3)C2=C(CC(C)(C)CC2=O)N1. The van der Waals surface area contributed by atoms with Gasteiger partial charge in [0.1, 0.15) is 6.61 Å². The summed E-state index contributed by atoms with van der Waals surface area (Å²) in [5, 5.41) is 15.4. The van der Waals surface area contributed by atoms with Crippen LogP contribution in [0.2, 0.25) is 0 Å². The van der Waals surface area contributed by atoms with Gasteiger partial charge in [-0.05, 0) is 37.7 Å². The van der Waals surface area contributed by atoms with Crippen LogP contribution in [0.1, 0.15) is 57.9 Å². The number of fused-ring (bicyclic) bond motifs is 1. The van der Waals surface area contributed by atoms with E-state index in [1.54, 1.807) is 6.92 Å². The summed E-state index contributed by atoms with van der Waals surface area (Å²) in [4.78, 5) is 38.5. The molecule has 3 aliphatic heterocycles. The molecule has 1 aromatic rings. The number of dihydropyridines is 1. The summed E-state index contributed by atoms with van der Waals surface area (Å²) in [6, 6.07) is 2.80. The number of Topliss-reactive ketones (excluding diaryl/α,β-unsaturated/α-hetero) is 1. The predicted molar refractivity (Wildman–Crippen MR) is 123 cm³/mol. The lowest BCUT2D eigenvalue weighted by Gasteiger charge is -2.39. The molecule has 0 bridgehead atoms. The average molecular weight is 485 g/mol. The van der Waals surface area contributed by atoms with Crippen LogP contribution in [0.4, 0.5) is 5.69 Å². The minimum absolute atomic E-state index is 0.0611. The number of nitro groups is 1. The van der Waals surface area contributed by atoms with Gasteiger partial charge in [0.05, 0.1) is 28.6 Å². The minimum atomic E-state index is -0.971. The summed E-state index contributed by atoms with van der Waals surface area (Å²) >= 11 is 0. The number of allylic oxidation sites excluding steroid dienone is 3. The highest BCUT2D eigenvalue weighted by atomic mass is 16.7. The van der Waals surface area contributed by atoms with Crippen LogP contribution in [-0.4, -0.2) is 42.8 Å². The fourth-order valence-electron chi connectivity index (χ4n) is 5.38. The first-order valence-electron chi connectivity index (χ1n) is 11.8. The highest BCUT2D eigenvalue weighted by Crippen LogP contribution is 2.51. The van der Waals surface area contributed by atoms with Crippen LogP contribution in [-0.2, 0) is 19.1 Å². The van der Waals surface area contributed by atoms with E-state index in [2.05, 4.69) is 5.32 Å². The van der Waals surface area contributed by atoms with Gasteiger partial charge in [-0.3, -0.25) is 14.9 Å². The zero-order chi connectivity index (χ0) is 24.9. The number of carbonyl (C=O) groups is 2. The summed E-state index contributed by atoms with van der Waals surface area (Å²) in [5.74, 6) is -1.17. The van der Waals surface area contributed by atoms with Gasteiger partial charge in [-0.25, -0.2) is 4.79 Å². The number of benzene rings is 1. The Kier molecular flexibility index (Phi) is 5.79. The normalized spacial score (nSPS) is 24.8. The fourth-order valence-corrected chi connectivity index (χ4v) is 5.38. The summed E-state index contributed by atoms with van der Waals surface area (Å²) in [6.45, 7) is 6.37. The number of nitro benzene ring substituents is 1. The number of hydrogen-bond donors (Lipinski definition) is 1. The van der Waals surface area contributed by atoms with Crippen molar-refractivity contribution >= 4 is 17.4 Å². The second-order valence-corrected chi connectivity index (χ2v) is 10.2. The lowest BCUT2D eigenvalue weighted by atomic mass is 9.68. The Bertz CT molecular complexity index is 1180. The van der Waals surface area contributed by atoms with Crippen molar-refractivity contribution in [3.8, 4) is 11.5 Å². The molecule has 0 amide bonds. The predicted octanol–water partition coefficient (Wildman–Crippen LogP) is 3.65. The first kappa shape index (κ1) is 23.3. The topological polar surface area (TPSA) is 126 Å². The number of ether oxygens (including phenoxy) is 4. The molecule has 0 aromatic heterocycles. The summed E-state index contributed by atoms with van der Waals surface area (Å²) in [5.41, 5.74) is 1.39. The van der Waals surface area contributed by atoms with Crippen molar-refractivity contribution in [2.45, 2.75) is 58.5 Å². The summed E-state index contributed by atoms with van der Waals surface area (Å²) in [6.07, 6.45) is 2.35. The van der Waals surface area contributed by atoms with E-state index in [9.17, 15) is 19.7 Å². The number of nitrogens with zero attached hydrogens (tertiary/aromatic N) is 1. The van der Waals surface area contributed by atoms with Gasteiger partial charge < -0.3 is 24.3 Å². The van der Waals surface area contributed by atoms with Crippen LogP contribution in [0.3, 0.4) is 0 Å². The van der Waals surface area contributed by atoms with Crippen molar-refractivity contribution in [2.75, 3.05) is 20.0 Å². The molecule has 5 rings (SSSR count). The van der Waals surface area contributed by atoms with E-state index in [-0.39, 0.29) is 59.7 Å². The first-order chi connectivity index (χ1) is 16.6. The van der Waals surface area contributed by atoms with Crippen molar-refractivity contribution in [2.24, 2.45) is 5.41 Å². The largest absolute Gasteiger partial charge is 0.459 e. The van der Waals surface area contributed by atoms with E-state index < -0.39 is 16.8 Å². The third-order valence-corrected chi connectivity index (χ3v) is 6.91. The van der Waals surface area contributed by atoms with Gasteiger partial charge in [-0.1, -0.05) is 13.8 Å². The van der Waals surface area contributed by atoms with E-state index in [1.165, 1.54) is 12.1 Å². The molecule has 0 spiro atoms. The molecule has 4 aliphatic rings. The lowest BCUT2D eigenvalue weighted by molar-refractivity contribution is -0.385. The van der Waals surface area contributed by atoms with E-state index in [1.807, 2.05) is 13.8 Å². The summed E-state index contributed by atoms with van der Waals surface area (Å²) in [7, 11) is 0. The van der Waals surface area contributed by atoms with Crippen molar-refractivity contribution in [3.63, 3.8) is 0 Å². The minimum Gasteiger partial charge on any atom is -0.459 e. The van der Waals surface area contributed by atoms with E-state index in [0.29, 0.717) is 35.7 Å². The fraction of sp³-hybridized carbons (Fsp3) is 0.520. The lowest BCUT2D eigenvalue weighted by Crippen LogP contribution is -2.39. The van der Waals surface area contributed by atoms with Crippen molar-refractivity contribution < 1.29 is 33.5 Å². The summed E-state index contributed by atoms with van der Waals surface area (Å²) < 4.78 is 22.0. The Morgan fingerprint density at radius 3 is 2.69 bits per heavy atom. The van der Waals surface area contributed by atoms with Gasteiger partial charge in [0.15, 0.2) is 17.3 Å². The standard InChI is InChI=1S/C25H28N2O8/c1-13-21(24(29)33-11-14-5-4-6-32-14)22(23-16(26-13)9-25(2,3)10-18(23)28)15-7-19-20(35-12-34-19)8-17(15)27(30)31/h7-8,14,22,26H,4-6,9-12H2,1-3H3/t14-,22-/m0/s1. The van der Waals surface area contributed by atoms with Gasteiger partial charge in [0.25, 0.3) is 5.69 Å². The molecule has 0 saturated carbocycles. The molecule has 10 heteroatoms. The zero-order valence-corrected chi connectivity index (χ0v) is 20.0. The smallest absolute Gasteiger partial charge is 0.336 e. The Labute approximate surface area is 202 Å². The van der Waals surface area contributed by atoms with Crippen LogP contribution < -0.4 is 14.8 Å². The number of esters is 1. The Morgan fingerprint density at radius 2 is 2.00 bits per heavy atom. The number of carbonyl (C=O) groups excluding carboxylic acids is 2. The number of nitrogens with one attached hydrogen (secondary N) is 1. The molecular weight excluding hydrogens is 456 g/mol. The van der Waals surface area contributed by atoms with Crippen LogP contribution in [0.5, 0.6) is 11.5 Å². The van der Waals surface area contributed by atoms with Crippen LogP contribution in [0, 0.1) is 15.5 Å². The third-order valence-electron chi connectivity index (χ3n) is 6.91. The number of rotatable bonds is 5. The Balaban J connectivity index is 1.63. The maximum atomic E-state index is 13.5. The Hall–Kier alpha value is -3.40. The molecule has 35 heavy (non-hydrogen) atoms. The molecule has 10 nitrogen and oxygen atoms in total. The molecule has 2 atom stereocenters. The Morgan fingerprint density at radius 1 is 1.26 bits per heavy atom. The van der Waals surface area contributed by atoms with Crippen LogP contribution in [0.25, 0.3) is 0 Å². The molecule has 1 N–H and O–H groups in total. The molecule has 1 aliphatic carbocycles. The first-order valence-corrected chi connectivity index (χ1v) is 11.8. The highest BCUT2D eigenvalue weighted by molar-refractivity contribution is 6.04. The van der Waals surface area contributed by atoms with Crippen molar-refractivity contribution in [3.05, 3.63) is 50.4 Å². The number of ketones is 1. The van der Waals surface area contributed by atoms with Gasteiger partial charge in [0.2, 0.25) is 6.79 Å². The maximum Gasteiger partial charge on any atom is 0.336 e. The van der Waals surface area contributed by atoms with Crippen LogP contribution in [0.15, 0.2) is 34.7 Å².